The highest BCUT2D eigenvalue weighted by Crippen LogP contribution is 2.48. The van der Waals surface area contributed by atoms with E-state index < -0.39 is 0 Å². The van der Waals surface area contributed by atoms with Crippen molar-refractivity contribution in [3.05, 3.63) is 106 Å². The van der Waals surface area contributed by atoms with Crippen molar-refractivity contribution >= 4 is 43.5 Å². The molecule has 0 heterocycles. The second-order valence-electron chi connectivity index (χ2n) is 12.3. The van der Waals surface area contributed by atoms with Crippen LogP contribution in [0.4, 0.5) is 0 Å². The summed E-state index contributed by atoms with van der Waals surface area (Å²) in [7, 11) is 0. The van der Waals surface area contributed by atoms with Gasteiger partial charge in [-0.05, 0) is 154 Å². The molecular weight excluding hydrogens is 468 g/mol. The lowest BCUT2D eigenvalue weighted by atomic mass is 9.77. The van der Waals surface area contributed by atoms with Gasteiger partial charge >= 0.3 is 0 Å². The zero-order valence-electron chi connectivity index (χ0n) is 25.5. The van der Waals surface area contributed by atoms with Crippen LogP contribution in [0.2, 0.25) is 0 Å². The van der Waals surface area contributed by atoms with E-state index in [2.05, 4.69) is 124 Å². The molecule has 0 saturated heterocycles. The lowest BCUT2D eigenvalue weighted by molar-refractivity contribution is 0.875. The quantitative estimate of drug-likeness (QED) is 0.178. The summed E-state index contributed by atoms with van der Waals surface area (Å²) in [4.78, 5) is 0. The summed E-state index contributed by atoms with van der Waals surface area (Å²) < 4.78 is 0. The fourth-order valence-corrected chi connectivity index (χ4v) is 6.97. The number of rotatable bonds is 6. The molecule has 1 aliphatic carbocycles. The molecule has 0 amide bonds. The highest BCUT2D eigenvalue weighted by Gasteiger charge is 2.25. The third kappa shape index (κ3) is 4.29. The highest BCUT2D eigenvalue weighted by molar-refractivity contribution is 6.29. The standard InChI is InChI=1S/C39H44/c1-11-15-24(7)28(12-2)34-20-30(22(3)4)32-19-27(10)37-35(29-17-14-13-16-25(29)8)21-31(23(5)6)33-18-26(9)36(34)38(32)39(33)37/h11-12,14-15,17-23H,2,13,16H2,1,3-10H3/b15-11-,28-24+. The molecular formula is C39H44. The lowest BCUT2D eigenvalue weighted by Crippen LogP contribution is -2.04. The smallest absolute Gasteiger partial charge is 0.00145 e. The first-order valence-electron chi connectivity index (χ1n) is 14.7. The Morgan fingerprint density at radius 3 is 1.97 bits per heavy atom. The molecule has 0 aliphatic heterocycles. The number of aryl methyl sites for hydroxylation is 2. The van der Waals surface area contributed by atoms with Crippen molar-refractivity contribution < 1.29 is 0 Å². The molecule has 0 unspecified atom stereocenters. The van der Waals surface area contributed by atoms with Gasteiger partial charge in [-0.25, -0.2) is 0 Å². The van der Waals surface area contributed by atoms with Crippen LogP contribution in [0.15, 0.2) is 72.4 Å². The van der Waals surface area contributed by atoms with Crippen LogP contribution in [-0.2, 0) is 0 Å². The SMILES string of the molecule is C=C/C(=C(C)\C=C/C)c1cc(C(C)C)c2cc(C)c3c(C4=C(C)CCC=C4)cc(C(C)C)c4cc(C)c1c2c43. The van der Waals surface area contributed by atoms with Crippen molar-refractivity contribution in [3.8, 4) is 0 Å². The van der Waals surface area contributed by atoms with Gasteiger partial charge in [-0.3, -0.25) is 0 Å². The van der Waals surface area contributed by atoms with E-state index in [1.165, 1.54) is 88.0 Å². The summed E-state index contributed by atoms with van der Waals surface area (Å²) in [5.41, 5.74) is 13.7. The van der Waals surface area contributed by atoms with Crippen LogP contribution in [0.3, 0.4) is 0 Å². The monoisotopic (exact) mass is 512 g/mol. The molecule has 39 heavy (non-hydrogen) atoms. The van der Waals surface area contributed by atoms with Crippen LogP contribution in [0.5, 0.6) is 0 Å². The van der Waals surface area contributed by atoms with Gasteiger partial charge in [-0.2, -0.15) is 0 Å². The average Bonchev–Trinajstić information content (AvgIpc) is 2.88. The molecule has 0 spiro atoms. The summed E-state index contributed by atoms with van der Waals surface area (Å²) in [5.74, 6) is 0.850. The average molecular weight is 513 g/mol. The van der Waals surface area contributed by atoms with Crippen molar-refractivity contribution in [2.45, 2.75) is 87.0 Å². The Kier molecular flexibility index (Phi) is 7.19. The Balaban J connectivity index is 2.13. The second-order valence-corrected chi connectivity index (χ2v) is 12.3. The van der Waals surface area contributed by atoms with Crippen molar-refractivity contribution in [1.29, 1.82) is 0 Å². The van der Waals surface area contributed by atoms with Crippen LogP contribution in [0.25, 0.3) is 43.5 Å². The van der Waals surface area contributed by atoms with Crippen LogP contribution >= 0.6 is 0 Å². The minimum Gasteiger partial charge on any atom is -0.0984 e. The van der Waals surface area contributed by atoms with Gasteiger partial charge < -0.3 is 0 Å². The van der Waals surface area contributed by atoms with Gasteiger partial charge in [0.05, 0.1) is 0 Å². The van der Waals surface area contributed by atoms with E-state index in [1.54, 1.807) is 0 Å². The minimum atomic E-state index is 0.413. The Hall–Kier alpha value is -3.38. The third-order valence-corrected chi connectivity index (χ3v) is 8.86. The van der Waals surface area contributed by atoms with E-state index in [-0.39, 0.29) is 0 Å². The summed E-state index contributed by atoms with van der Waals surface area (Å²) in [6, 6.07) is 9.94. The molecule has 1 aliphatic rings. The highest BCUT2D eigenvalue weighted by atomic mass is 14.3. The first-order valence-corrected chi connectivity index (χ1v) is 14.7. The number of hydrogen-bond acceptors (Lipinski definition) is 0. The maximum Gasteiger partial charge on any atom is -0.00145 e. The second kappa shape index (κ2) is 10.3. The molecule has 0 nitrogen and oxygen atoms in total. The molecule has 0 bridgehead atoms. The Bertz CT molecular complexity index is 1740. The van der Waals surface area contributed by atoms with Gasteiger partial charge in [0.2, 0.25) is 0 Å². The molecule has 0 N–H and O–H groups in total. The van der Waals surface area contributed by atoms with Crippen molar-refractivity contribution in [1.82, 2.24) is 0 Å². The molecule has 4 aromatic carbocycles. The summed E-state index contributed by atoms with van der Waals surface area (Å²) >= 11 is 0. The van der Waals surface area contributed by atoms with E-state index in [0.717, 1.165) is 12.8 Å². The van der Waals surface area contributed by atoms with Crippen LogP contribution in [0.1, 0.15) is 107 Å². The van der Waals surface area contributed by atoms with Crippen LogP contribution < -0.4 is 0 Å². The minimum absolute atomic E-state index is 0.413. The summed E-state index contributed by atoms with van der Waals surface area (Å²) in [6.45, 7) is 24.9. The third-order valence-electron chi connectivity index (χ3n) is 8.86. The van der Waals surface area contributed by atoms with Gasteiger partial charge in [0.1, 0.15) is 0 Å². The van der Waals surface area contributed by atoms with Gasteiger partial charge in [-0.1, -0.05) is 82.4 Å². The fourth-order valence-electron chi connectivity index (χ4n) is 6.97. The van der Waals surface area contributed by atoms with Gasteiger partial charge in [0.15, 0.2) is 0 Å². The molecule has 4 aromatic rings. The molecule has 0 radical (unpaired) electrons. The van der Waals surface area contributed by atoms with Crippen LogP contribution in [0, 0.1) is 13.8 Å². The first kappa shape index (κ1) is 27.2. The van der Waals surface area contributed by atoms with E-state index in [0.29, 0.717) is 11.8 Å². The predicted molar refractivity (Wildman–Crippen MR) is 176 cm³/mol. The molecule has 0 heteroatoms. The molecule has 0 atom stereocenters. The summed E-state index contributed by atoms with van der Waals surface area (Å²) in [5, 5.41) is 8.51. The first-order chi connectivity index (χ1) is 18.6. The lowest BCUT2D eigenvalue weighted by Gasteiger charge is -2.27. The Morgan fingerprint density at radius 1 is 0.821 bits per heavy atom. The topological polar surface area (TPSA) is 0 Å². The molecule has 0 fully saturated rings. The predicted octanol–water partition coefficient (Wildman–Crippen LogP) is 12.1. The van der Waals surface area contributed by atoms with E-state index in [4.69, 9.17) is 0 Å². The van der Waals surface area contributed by atoms with Gasteiger partial charge in [0.25, 0.3) is 0 Å². The Morgan fingerprint density at radius 2 is 1.41 bits per heavy atom. The number of benzene rings is 4. The normalized spacial score (nSPS) is 15.3. The molecule has 0 aromatic heterocycles. The number of hydrogen-bond donors (Lipinski definition) is 0. The van der Waals surface area contributed by atoms with Crippen molar-refractivity contribution in [3.63, 3.8) is 0 Å². The van der Waals surface area contributed by atoms with Crippen molar-refractivity contribution in [2.24, 2.45) is 0 Å². The zero-order chi connectivity index (χ0) is 28.2. The van der Waals surface area contributed by atoms with E-state index in [9.17, 15) is 0 Å². The molecule has 5 rings (SSSR count). The van der Waals surface area contributed by atoms with E-state index in [1.807, 2.05) is 0 Å². The largest absolute Gasteiger partial charge is 0.0984 e. The zero-order valence-corrected chi connectivity index (χ0v) is 25.5. The summed E-state index contributed by atoms with van der Waals surface area (Å²) in [6.07, 6.45) is 13.4. The maximum absolute atomic E-state index is 4.28. The molecule has 200 valence electrons. The van der Waals surface area contributed by atoms with Crippen molar-refractivity contribution in [2.75, 3.05) is 0 Å². The maximum atomic E-state index is 4.28. The fraction of sp³-hybridized carbons (Fsp3) is 0.333. The number of allylic oxidation sites excluding steroid dienone is 9. The van der Waals surface area contributed by atoms with Gasteiger partial charge in [-0.15, -0.1) is 0 Å². The van der Waals surface area contributed by atoms with Crippen LogP contribution in [-0.4, -0.2) is 0 Å². The van der Waals surface area contributed by atoms with Gasteiger partial charge in [0, 0.05) is 0 Å². The molecule has 0 saturated carbocycles. The van der Waals surface area contributed by atoms with E-state index >= 15 is 0 Å². The Labute approximate surface area is 235 Å².